The lowest BCUT2D eigenvalue weighted by Crippen LogP contribution is -2.51. The predicted octanol–water partition coefficient (Wildman–Crippen LogP) is 5.83. The number of thioether (sulfide) groups is 1. The molecule has 3 aromatic rings. The van der Waals surface area contributed by atoms with Gasteiger partial charge in [0, 0.05) is 23.5 Å². The Morgan fingerprint density at radius 3 is 2.68 bits per heavy atom. The number of cyclic esters (lactones) is 1. The van der Waals surface area contributed by atoms with Crippen LogP contribution in [0.5, 0.6) is 0 Å². The van der Waals surface area contributed by atoms with Gasteiger partial charge in [-0.2, -0.15) is 23.3 Å². The molecule has 8 nitrogen and oxygen atoms in total. The molecule has 2 atom stereocenters. The Morgan fingerprint density at radius 2 is 1.95 bits per heavy atom. The molecule has 0 radical (unpaired) electrons. The Hall–Kier alpha value is -3.94. The van der Waals surface area contributed by atoms with Crippen LogP contribution in [0.15, 0.2) is 52.5 Å². The fourth-order valence-electron chi connectivity index (χ4n) is 4.59. The summed E-state index contributed by atoms with van der Waals surface area (Å²) in [7, 11) is 0. The Kier molecular flexibility index (Phi) is 7.77. The predicted molar refractivity (Wildman–Crippen MR) is 143 cm³/mol. The summed E-state index contributed by atoms with van der Waals surface area (Å²) in [4.78, 5) is 30.9. The summed E-state index contributed by atoms with van der Waals surface area (Å²) >= 11 is 1.21. The normalized spacial score (nSPS) is 21.2. The van der Waals surface area contributed by atoms with Crippen LogP contribution in [-0.2, 0) is 22.3 Å². The van der Waals surface area contributed by atoms with E-state index in [9.17, 15) is 31.5 Å². The van der Waals surface area contributed by atoms with Crippen molar-refractivity contribution in [2.75, 3.05) is 13.2 Å². The first-order valence-corrected chi connectivity index (χ1v) is 13.4. The molecule has 5 rings (SSSR count). The van der Waals surface area contributed by atoms with E-state index in [1.807, 2.05) is 18.7 Å². The number of amides is 2. The quantitative estimate of drug-likeness (QED) is 0.303. The van der Waals surface area contributed by atoms with E-state index >= 15 is 0 Å². The highest BCUT2D eigenvalue weighted by Crippen LogP contribution is 2.35. The number of hydrogen-bond acceptors (Lipinski definition) is 6. The zero-order chi connectivity index (χ0) is 29.5. The number of nitrogens with zero attached hydrogens (tertiary/aromatic N) is 4. The van der Waals surface area contributed by atoms with Crippen molar-refractivity contribution in [3.8, 4) is 0 Å². The van der Waals surface area contributed by atoms with Crippen molar-refractivity contribution in [1.82, 2.24) is 20.0 Å². The largest absolute Gasteiger partial charge is 0.447 e. The lowest BCUT2D eigenvalue weighted by Gasteiger charge is -2.34. The smallest absolute Gasteiger partial charge is 0.416 e. The number of alkyl halides is 5. The number of amidine groups is 1. The third-order valence-corrected chi connectivity index (χ3v) is 7.69. The Bertz CT molecular complexity index is 1570. The average Bonchev–Trinajstić information content (AvgIpc) is 3.47. The lowest BCUT2D eigenvalue weighted by atomic mass is 10.0. The van der Waals surface area contributed by atoms with E-state index in [0.717, 1.165) is 12.1 Å². The third-order valence-electron chi connectivity index (χ3n) is 6.67. The van der Waals surface area contributed by atoms with E-state index in [0.29, 0.717) is 39.2 Å². The second-order valence-corrected chi connectivity index (χ2v) is 10.8. The Balaban J connectivity index is 1.35. The maximum absolute atomic E-state index is 13.6. The molecular weight excluding hydrogens is 569 g/mol. The molecule has 2 amide bonds. The zero-order valence-corrected chi connectivity index (χ0v) is 22.6. The molecule has 2 aliphatic heterocycles. The van der Waals surface area contributed by atoms with E-state index in [2.05, 4.69) is 15.4 Å². The molecule has 2 aliphatic rings. The van der Waals surface area contributed by atoms with Crippen molar-refractivity contribution >= 4 is 45.9 Å². The number of halogens is 5. The van der Waals surface area contributed by atoms with Gasteiger partial charge in [-0.1, -0.05) is 12.1 Å². The number of benzene rings is 2. The summed E-state index contributed by atoms with van der Waals surface area (Å²) in [6, 6.07) is 7.07. The van der Waals surface area contributed by atoms with Gasteiger partial charge in [-0.15, -0.1) is 0 Å². The van der Waals surface area contributed by atoms with E-state index in [-0.39, 0.29) is 30.8 Å². The molecule has 14 heteroatoms. The molecule has 41 heavy (non-hydrogen) atoms. The van der Waals surface area contributed by atoms with Crippen LogP contribution < -0.4 is 5.32 Å². The first kappa shape index (κ1) is 28.6. The number of carbonyl (C=O) groups is 2. The van der Waals surface area contributed by atoms with Gasteiger partial charge in [0.2, 0.25) is 0 Å². The highest BCUT2D eigenvalue weighted by Gasteiger charge is 2.33. The minimum absolute atomic E-state index is 0.0274. The van der Waals surface area contributed by atoms with E-state index in [4.69, 9.17) is 4.74 Å². The lowest BCUT2D eigenvalue weighted by molar-refractivity contribution is -0.137. The topological polar surface area (TPSA) is 88.8 Å². The molecule has 0 saturated carbocycles. The van der Waals surface area contributed by atoms with E-state index in [1.54, 1.807) is 24.3 Å². The van der Waals surface area contributed by atoms with Gasteiger partial charge in [0.1, 0.15) is 6.61 Å². The number of fused-ring (bicyclic) bond motifs is 1. The number of aliphatic imine (C=N–C) groups is 1. The summed E-state index contributed by atoms with van der Waals surface area (Å²) in [6.07, 6.45) is -5.11. The molecule has 1 N–H and O–H groups in total. The molecule has 1 aromatic heterocycles. The summed E-state index contributed by atoms with van der Waals surface area (Å²) in [5.74, 6) is -0.408. The van der Waals surface area contributed by atoms with Crippen LogP contribution in [-0.4, -0.2) is 57.1 Å². The number of ether oxygens (including phenoxy) is 1. The molecule has 216 valence electrons. The monoisotopic (exact) mass is 593 g/mol. The van der Waals surface area contributed by atoms with Gasteiger partial charge >= 0.3 is 12.3 Å². The maximum Gasteiger partial charge on any atom is 0.416 e. The van der Waals surface area contributed by atoms with E-state index in [1.165, 1.54) is 22.6 Å². The van der Waals surface area contributed by atoms with Crippen molar-refractivity contribution in [2.24, 2.45) is 4.99 Å². The number of carbonyl (C=O) groups excluding carboxylic acids is 2. The van der Waals surface area contributed by atoms with Crippen LogP contribution in [0.4, 0.5) is 26.7 Å². The first-order valence-electron chi connectivity index (χ1n) is 12.6. The van der Waals surface area contributed by atoms with Gasteiger partial charge in [0.25, 0.3) is 12.3 Å². The molecule has 2 aromatic carbocycles. The zero-order valence-electron chi connectivity index (χ0n) is 21.8. The molecule has 1 fully saturated rings. The average molecular weight is 594 g/mol. The van der Waals surface area contributed by atoms with Crippen LogP contribution in [0.25, 0.3) is 17.0 Å². The highest BCUT2D eigenvalue weighted by atomic mass is 32.2. The molecular formula is C27H24F5N5O3S. The molecule has 0 aliphatic carbocycles. The van der Waals surface area contributed by atoms with Crippen LogP contribution in [0.1, 0.15) is 42.5 Å². The number of aromatic nitrogens is 2. The summed E-state index contributed by atoms with van der Waals surface area (Å²) in [6.45, 7) is 4.13. The van der Waals surface area contributed by atoms with Crippen LogP contribution in [0.2, 0.25) is 0 Å². The van der Waals surface area contributed by atoms with Gasteiger partial charge in [0.15, 0.2) is 5.17 Å². The standard InChI is InChI=1S/C27H24F5N5O3S/c1-14-11-36(15(2)13-40-26(39)34-14)25-35-24(38)22(41-25)8-16-3-6-21-18(7-16)10-33-37(21)12-17-4-5-19(27(30,31)32)9-20(17)23(28)29/h3-10,14-15,23H,11-13H2,1-2H3,(H,34,39). The van der Waals surface area contributed by atoms with Gasteiger partial charge in [-0.3, -0.25) is 9.48 Å². The second kappa shape index (κ2) is 11.1. The second-order valence-electron chi connectivity index (χ2n) is 9.79. The van der Waals surface area contributed by atoms with Crippen molar-refractivity contribution in [2.45, 2.75) is 45.1 Å². The van der Waals surface area contributed by atoms with Gasteiger partial charge in [-0.25, -0.2) is 13.6 Å². The van der Waals surface area contributed by atoms with E-state index < -0.39 is 35.7 Å². The van der Waals surface area contributed by atoms with Crippen LogP contribution in [0.3, 0.4) is 0 Å². The SMILES string of the molecule is CC1CN(C2=NC(=O)C(=Cc3ccc4c(cnn4Cc4ccc(C(F)(F)F)cc4C(F)F)c3)S2)C(C)COC(=O)N1. The fraction of sp³-hybridized carbons (Fsp3) is 0.333. The molecule has 1 saturated heterocycles. The van der Waals surface area contributed by atoms with Crippen molar-refractivity contribution in [3.63, 3.8) is 0 Å². The summed E-state index contributed by atoms with van der Waals surface area (Å²) in [5, 5.41) is 8.11. The highest BCUT2D eigenvalue weighted by molar-refractivity contribution is 8.18. The molecule has 3 heterocycles. The summed E-state index contributed by atoms with van der Waals surface area (Å²) in [5.41, 5.74) is -0.548. The Labute approximate surface area is 235 Å². The fourth-order valence-corrected chi connectivity index (χ4v) is 5.61. The van der Waals surface area contributed by atoms with Crippen LogP contribution >= 0.6 is 11.8 Å². The van der Waals surface area contributed by atoms with Crippen molar-refractivity contribution < 1.29 is 36.3 Å². The number of rotatable bonds is 4. The molecule has 2 unspecified atom stereocenters. The number of alkyl carbamates (subject to hydrolysis) is 1. The maximum atomic E-state index is 13.6. The number of hydrogen-bond donors (Lipinski definition) is 1. The first-order chi connectivity index (χ1) is 19.4. The Morgan fingerprint density at radius 1 is 1.17 bits per heavy atom. The van der Waals surface area contributed by atoms with Gasteiger partial charge < -0.3 is 15.0 Å². The number of nitrogens with one attached hydrogen (secondary N) is 1. The molecule has 0 spiro atoms. The van der Waals surface area contributed by atoms with Crippen molar-refractivity contribution in [1.29, 1.82) is 0 Å². The van der Waals surface area contributed by atoms with Gasteiger partial charge in [0.05, 0.1) is 34.8 Å². The van der Waals surface area contributed by atoms with Crippen molar-refractivity contribution in [3.05, 3.63) is 69.8 Å². The minimum Gasteiger partial charge on any atom is -0.447 e. The third kappa shape index (κ3) is 6.21. The minimum atomic E-state index is -4.73. The van der Waals surface area contributed by atoms with Gasteiger partial charge in [-0.05, 0) is 67.1 Å². The van der Waals surface area contributed by atoms with Crippen LogP contribution in [0, 0.1) is 0 Å². The summed E-state index contributed by atoms with van der Waals surface area (Å²) < 4.78 is 72.9. The molecule has 0 bridgehead atoms.